The van der Waals surface area contributed by atoms with Gasteiger partial charge in [0.25, 0.3) is 0 Å². The third kappa shape index (κ3) is 3.91. The van der Waals surface area contributed by atoms with Crippen LogP contribution < -0.4 is 9.62 Å². The van der Waals surface area contributed by atoms with Crippen LogP contribution in [0, 0.1) is 5.82 Å². The molecule has 6 heteroatoms. The Balaban J connectivity index is 1.84. The summed E-state index contributed by atoms with van der Waals surface area (Å²) in [5, 5.41) is 0. The lowest BCUT2D eigenvalue weighted by Crippen LogP contribution is -2.28. The molecule has 0 aliphatic carbocycles. The Hall–Kier alpha value is -2.18. The van der Waals surface area contributed by atoms with Crippen LogP contribution in [0.2, 0.25) is 0 Å². The molecule has 3 rings (SSSR count). The number of hydrogen-bond donors (Lipinski definition) is 1. The molecule has 1 fully saturated rings. The maximum Gasteiger partial charge on any atom is 0.240 e. The smallest absolute Gasteiger partial charge is 0.240 e. The molecule has 0 bridgehead atoms. The topological polar surface area (TPSA) is 49.4 Å². The Morgan fingerprint density at radius 1 is 1.20 bits per heavy atom. The second kappa shape index (κ2) is 7.37. The van der Waals surface area contributed by atoms with E-state index in [4.69, 9.17) is 0 Å². The molecule has 0 aromatic heterocycles. The van der Waals surface area contributed by atoms with Gasteiger partial charge >= 0.3 is 0 Å². The summed E-state index contributed by atoms with van der Waals surface area (Å²) in [5.74, 6) is -0.517. The van der Waals surface area contributed by atoms with Gasteiger partial charge in [0.15, 0.2) is 0 Å². The van der Waals surface area contributed by atoms with Gasteiger partial charge < -0.3 is 4.90 Å². The van der Waals surface area contributed by atoms with E-state index in [0.29, 0.717) is 5.69 Å². The molecule has 0 radical (unpaired) electrons. The summed E-state index contributed by atoms with van der Waals surface area (Å²) in [5.41, 5.74) is 1.54. The maximum atomic E-state index is 14.5. The van der Waals surface area contributed by atoms with Crippen molar-refractivity contribution in [2.45, 2.75) is 23.8 Å². The van der Waals surface area contributed by atoms with Gasteiger partial charge in [0.2, 0.25) is 10.0 Å². The Kier molecular flexibility index (Phi) is 5.20. The Morgan fingerprint density at radius 2 is 1.96 bits per heavy atom. The summed E-state index contributed by atoms with van der Waals surface area (Å²) >= 11 is 0. The summed E-state index contributed by atoms with van der Waals surface area (Å²) in [6.07, 6.45) is 6.04. The Morgan fingerprint density at radius 3 is 2.64 bits per heavy atom. The van der Waals surface area contributed by atoms with Crippen molar-refractivity contribution in [2.75, 3.05) is 18.5 Å². The molecule has 1 unspecified atom stereocenters. The van der Waals surface area contributed by atoms with Crippen molar-refractivity contribution in [3.63, 3.8) is 0 Å². The second-order valence-corrected chi connectivity index (χ2v) is 7.88. The third-order valence-corrected chi connectivity index (χ3v) is 5.83. The van der Waals surface area contributed by atoms with E-state index >= 15 is 0 Å². The SMILES string of the molecule is CNS(=O)(=O)c1ccc(N2CCCC2C=Cc2ccccc2)c(F)c1. The molecule has 1 N–H and O–H groups in total. The molecule has 1 heterocycles. The molecule has 1 aliphatic rings. The second-order valence-electron chi connectivity index (χ2n) is 5.99. The molecule has 1 saturated heterocycles. The van der Waals surface area contributed by atoms with E-state index in [2.05, 4.69) is 10.8 Å². The fourth-order valence-electron chi connectivity index (χ4n) is 3.08. The summed E-state index contributed by atoms with van der Waals surface area (Å²) in [6, 6.07) is 14.1. The molecular formula is C19H21FN2O2S. The number of sulfonamides is 1. The van der Waals surface area contributed by atoms with Gasteiger partial charge in [-0.1, -0.05) is 42.5 Å². The quantitative estimate of drug-likeness (QED) is 0.889. The van der Waals surface area contributed by atoms with Gasteiger partial charge in [0.1, 0.15) is 5.82 Å². The first-order chi connectivity index (χ1) is 12.0. The van der Waals surface area contributed by atoms with Crippen molar-refractivity contribution in [1.82, 2.24) is 4.72 Å². The number of anilines is 1. The van der Waals surface area contributed by atoms with E-state index in [1.54, 1.807) is 6.07 Å². The van der Waals surface area contributed by atoms with Crippen molar-refractivity contribution in [2.24, 2.45) is 0 Å². The van der Waals surface area contributed by atoms with Gasteiger partial charge in [-0.3, -0.25) is 0 Å². The molecule has 0 amide bonds. The largest absolute Gasteiger partial charge is 0.363 e. The van der Waals surface area contributed by atoms with Crippen molar-refractivity contribution in [1.29, 1.82) is 0 Å². The van der Waals surface area contributed by atoms with E-state index in [1.165, 1.54) is 13.1 Å². The average Bonchev–Trinajstić information content (AvgIpc) is 3.09. The highest BCUT2D eigenvalue weighted by atomic mass is 32.2. The van der Waals surface area contributed by atoms with Crippen LogP contribution in [0.5, 0.6) is 0 Å². The first kappa shape index (κ1) is 17.6. The molecule has 0 spiro atoms. The number of nitrogens with zero attached hydrogens (tertiary/aromatic N) is 1. The van der Waals surface area contributed by atoms with Crippen LogP contribution in [0.15, 0.2) is 59.5 Å². The normalized spacial score (nSPS) is 18.2. The number of rotatable bonds is 5. The highest BCUT2D eigenvalue weighted by molar-refractivity contribution is 7.89. The van der Waals surface area contributed by atoms with Crippen molar-refractivity contribution >= 4 is 21.8 Å². The van der Waals surface area contributed by atoms with Gasteiger partial charge in [-0.15, -0.1) is 0 Å². The van der Waals surface area contributed by atoms with E-state index in [0.717, 1.165) is 31.0 Å². The minimum atomic E-state index is -3.64. The predicted octanol–water partition coefficient (Wildman–Crippen LogP) is 3.42. The fraction of sp³-hybridized carbons (Fsp3) is 0.263. The summed E-state index contributed by atoms with van der Waals surface area (Å²) in [7, 11) is -2.33. The molecule has 1 atom stereocenters. The van der Waals surface area contributed by atoms with Crippen molar-refractivity contribution < 1.29 is 12.8 Å². The van der Waals surface area contributed by atoms with Gasteiger partial charge in [-0.25, -0.2) is 17.5 Å². The van der Waals surface area contributed by atoms with Crippen LogP contribution in [0.25, 0.3) is 6.08 Å². The minimum absolute atomic E-state index is 0.0631. The van der Waals surface area contributed by atoms with Gasteiger partial charge in [-0.05, 0) is 43.7 Å². The molecule has 2 aromatic rings. The van der Waals surface area contributed by atoms with Gasteiger partial charge in [0, 0.05) is 12.6 Å². The fourth-order valence-corrected chi connectivity index (χ4v) is 3.83. The molecule has 2 aromatic carbocycles. The maximum absolute atomic E-state index is 14.5. The zero-order valence-electron chi connectivity index (χ0n) is 14.0. The first-order valence-corrected chi connectivity index (χ1v) is 9.72. The molecule has 1 aliphatic heterocycles. The summed E-state index contributed by atoms with van der Waals surface area (Å²) in [4.78, 5) is 1.93. The van der Waals surface area contributed by atoms with Crippen LogP contribution in [0.1, 0.15) is 18.4 Å². The number of benzene rings is 2. The van der Waals surface area contributed by atoms with Crippen LogP contribution in [-0.4, -0.2) is 28.1 Å². The lowest BCUT2D eigenvalue weighted by Gasteiger charge is -2.25. The standard InChI is InChI=1S/C19H21FN2O2S/c1-21-25(23,24)17-11-12-19(18(20)14-17)22-13-5-8-16(22)10-9-15-6-3-2-4-7-15/h2-4,6-7,9-12,14,16,21H,5,8,13H2,1H3. The molecule has 25 heavy (non-hydrogen) atoms. The number of nitrogens with one attached hydrogen (secondary N) is 1. The predicted molar refractivity (Wildman–Crippen MR) is 98.5 cm³/mol. The monoisotopic (exact) mass is 360 g/mol. The van der Waals surface area contributed by atoms with Gasteiger partial charge in [0.05, 0.1) is 10.6 Å². The van der Waals surface area contributed by atoms with Crippen LogP contribution in [0.3, 0.4) is 0 Å². The minimum Gasteiger partial charge on any atom is -0.363 e. The summed E-state index contributed by atoms with van der Waals surface area (Å²) in [6.45, 7) is 0.749. The third-order valence-electron chi connectivity index (χ3n) is 4.42. The number of halogens is 1. The first-order valence-electron chi connectivity index (χ1n) is 8.24. The van der Waals surface area contributed by atoms with Crippen LogP contribution >= 0.6 is 0 Å². The van der Waals surface area contributed by atoms with Gasteiger partial charge in [-0.2, -0.15) is 0 Å². The molecule has 0 saturated carbocycles. The van der Waals surface area contributed by atoms with Crippen molar-refractivity contribution in [3.8, 4) is 0 Å². The van der Waals surface area contributed by atoms with E-state index in [-0.39, 0.29) is 10.9 Å². The molecule has 132 valence electrons. The van der Waals surface area contributed by atoms with Crippen molar-refractivity contribution in [3.05, 3.63) is 66.0 Å². The summed E-state index contributed by atoms with van der Waals surface area (Å²) < 4.78 is 40.4. The molecular weight excluding hydrogens is 339 g/mol. The highest BCUT2D eigenvalue weighted by Gasteiger charge is 2.25. The Bertz CT molecular complexity index is 866. The highest BCUT2D eigenvalue weighted by Crippen LogP contribution is 2.30. The average molecular weight is 360 g/mol. The van der Waals surface area contributed by atoms with E-state index in [1.807, 2.05) is 41.3 Å². The number of hydrogen-bond acceptors (Lipinski definition) is 3. The molecule has 4 nitrogen and oxygen atoms in total. The lowest BCUT2D eigenvalue weighted by atomic mass is 10.1. The zero-order chi connectivity index (χ0) is 17.9. The zero-order valence-corrected chi connectivity index (χ0v) is 14.8. The van der Waals surface area contributed by atoms with Crippen LogP contribution in [0.4, 0.5) is 10.1 Å². The lowest BCUT2D eigenvalue weighted by molar-refractivity contribution is 0.583. The van der Waals surface area contributed by atoms with E-state index in [9.17, 15) is 12.8 Å². The van der Waals surface area contributed by atoms with Crippen LogP contribution in [-0.2, 0) is 10.0 Å². The Labute approximate surface area is 148 Å². The van der Waals surface area contributed by atoms with E-state index < -0.39 is 15.8 Å².